The van der Waals surface area contributed by atoms with E-state index in [0.717, 1.165) is 57.8 Å². The first-order chi connectivity index (χ1) is 38.2. The Bertz CT molecular complexity index is 1360. The lowest BCUT2D eigenvalue weighted by Crippen LogP contribution is -2.30. The SMILES string of the molecule is CCCCCCCC/C=C\CCCCCCCCCCCC(=O)OC(COC(=O)CCCCCCCCCCCCCCC)COP(=O)(O)OCC(CO)OC(=O)CCCCCCCCCCCCCCCCCCCCC. The smallest absolute Gasteiger partial charge is 0.462 e. The van der Waals surface area contributed by atoms with Crippen LogP contribution >= 0.6 is 7.82 Å². The van der Waals surface area contributed by atoms with Crippen LogP contribution in [0.4, 0.5) is 0 Å². The number of esters is 3. The fourth-order valence-electron chi connectivity index (χ4n) is 10.1. The maximum absolute atomic E-state index is 13.0. The number of hydrogen-bond donors (Lipinski definition) is 2. The van der Waals surface area contributed by atoms with Crippen LogP contribution in [0.5, 0.6) is 0 Å². The normalized spacial score (nSPS) is 13.2. The van der Waals surface area contributed by atoms with Crippen LogP contribution in [-0.4, -0.2) is 66.5 Å². The molecule has 0 heterocycles. The lowest BCUT2D eigenvalue weighted by atomic mass is 10.0. The van der Waals surface area contributed by atoms with Crippen molar-refractivity contribution in [3.8, 4) is 0 Å². The van der Waals surface area contributed by atoms with Crippen molar-refractivity contribution >= 4 is 25.7 Å². The lowest BCUT2D eigenvalue weighted by Gasteiger charge is -2.21. The highest BCUT2D eigenvalue weighted by atomic mass is 31.2. The van der Waals surface area contributed by atoms with Crippen molar-refractivity contribution in [3.05, 3.63) is 12.2 Å². The van der Waals surface area contributed by atoms with Crippen molar-refractivity contribution in [3.63, 3.8) is 0 Å². The summed E-state index contributed by atoms with van der Waals surface area (Å²) in [6.07, 6.45) is 63.0. The van der Waals surface area contributed by atoms with E-state index in [-0.39, 0.29) is 25.9 Å². The van der Waals surface area contributed by atoms with Gasteiger partial charge < -0.3 is 24.2 Å². The van der Waals surface area contributed by atoms with E-state index in [2.05, 4.69) is 32.9 Å². The highest BCUT2D eigenvalue weighted by molar-refractivity contribution is 7.47. The molecular weight excluding hydrogens is 1000 g/mol. The van der Waals surface area contributed by atoms with Gasteiger partial charge in [0.05, 0.1) is 19.8 Å². The lowest BCUT2D eigenvalue weighted by molar-refractivity contribution is -0.161. The third kappa shape index (κ3) is 58.9. The highest BCUT2D eigenvalue weighted by Gasteiger charge is 2.28. The van der Waals surface area contributed by atoms with E-state index < -0.39 is 57.8 Å². The van der Waals surface area contributed by atoms with Crippen LogP contribution in [-0.2, 0) is 42.2 Å². The minimum Gasteiger partial charge on any atom is -0.462 e. The van der Waals surface area contributed by atoms with E-state index in [1.54, 1.807) is 0 Å². The molecule has 0 aromatic carbocycles. The number of carbonyl (C=O) groups is 3. The van der Waals surface area contributed by atoms with Crippen molar-refractivity contribution in [1.82, 2.24) is 0 Å². The number of unbranched alkanes of at least 4 members (excludes halogenated alkanes) is 45. The molecule has 0 saturated carbocycles. The van der Waals surface area contributed by atoms with E-state index in [9.17, 15) is 28.9 Å². The zero-order valence-electron chi connectivity index (χ0n) is 51.4. The summed E-state index contributed by atoms with van der Waals surface area (Å²) in [5.74, 6) is -1.43. The predicted octanol–water partition coefficient (Wildman–Crippen LogP) is 20.4. The summed E-state index contributed by atoms with van der Waals surface area (Å²) >= 11 is 0. The molecule has 0 radical (unpaired) electrons. The zero-order chi connectivity index (χ0) is 56.9. The predicted molar refractivity (Wildman–Crippen MR) is 326 cm³/mol. The molecule has 0 aromatic rings. The van der Waals surface area contributed by atoms with Crippen LogP contribution in [0.1, 0.15) is 355 Å². The number of rotatable bonds is 64. The van der Waals surface area contributed by atoms with E-state index in [4.69, 9.17) is 23.3 Å². The fourth-order valence-corrected chi connectivity index (χ4v) is 10.8. The Hall–Kier alpha value is -1.78. The second kappa shape index (κ2) is 61.3. The molecule has 462 valence electrons. The van der Waals surface area contributed by atoms with Crippen LogP contribution in [0.25, 0.3) is 0 Å². The van der Waals surface area contributed by atoms with Crippen LogP contribution < -0.4 is 0 Å². The molecule has 12 heteroatoms. The van der Waals surface area contributed by atoms with Crippen molar-refractivity contribution < 1.29 is 52.2 Å². The quantitative estimate of drug-likeness (QED) is 0.0197. The Labute approximate surface area is 481 Å². The number of aliphatic hydroxyl groups is 1. The van der Waals surface area contributed by atoms with Crippen LogP contribution in [0.2, 0.25) is 0 Å². The minimum atomic E-state index is -4.74. The molecule has 0 aliphatic carbocycles. The summed E-state index contributed by atoms with van der Waals surface area (Å²) in [5.41, 5.74) is 0. The molecule has 2 N–H and O–H groups in total. The van der Waals surface area contributed by atoms with Crippen molar-refractivity contribution in [2.45, 2.75) is 367 Å². The summed E-state index contributed by atoms with van der Waals surface area (Å²) in [5, 5.41) is 9.86. The number of ether oxygens (including phenoxy) is 3. The van der Waals surface area contributed by atoms with E-state index in [0.29, 0.717) is 19.3 Å². The second-order valence-corrected chi connectivity index (χ2v) is 24.5. The molecule has 0 spiro atoms. The first-order valence-corrected chi connectivity index (χ1v) is 35.1. The average molecular weight is 1130 g/mol. The molecule has 0 aromatic heterocycles. The van der Waals surface area contributed by atoms with Gasteiger partial charge in [-0.1, -0.05) is 303 Å². The van der Waals surface area contributed by atoms with Gasteiger partial charge in [-0.05, 0) is 44.9 Å². The first kappa shape index (κ1) is 76.2. The number of carbonyl (C=O) groups excluding carboxylic acids is 3. The Morgan fingerprint density at radius 3 is 0.885 bits per heavy atom. The van der Waals surface area contributed by atoms with Gasteiger partial charge in [-0.2, -0.15) is 0 Å². The zero-order valence-corrected chi connectivity index (χ0v) is 52.3. The third-order valence-electron chi connectivity index (χ3n) is 15.2. The summed E-state index contributed by atoms with van der Waals surface area (Å²) in [6.45, 7) is 4.74. The monoisotopic (exact) mass is 1130 g/mol. The Kier molecular flexibility index (Phi) is 59.9. The van der Waals surface area contributed by atoms with Gasteiger partial charge in [0.25, 0.3) is 0 Å². The number of aliphatic hydroxyl groups excluding tert-OH is 1. The van der Waals surface area contributed by atoms with E-state index in [1.165, 1.54) is 238 Å². The van der Waals surface area contributed by atoms with Gasteiger partial charge >= 0.3 is 25.7 Å². The molecule has 0 aliphatic heterocycles. The molecule has 0 bridgehead atoms. The average Bonchev–Trinajstić information content (AvgIpc) is 3.43. The molecule has 11 nitrogen and oxygen atoms in total. The van der Waals surface area contributed by atoms with Gasteiger partial charge in [0, 0.05) is 19.3 Å². The molecule has 3 unspecified atom stereocenters. The van der Waals surface area contributed by atoms with Gasteiger partial charge in [-0.25, -0.2) is 4.57 Å². The Balaban J connectivity index is 4.58. The first-order valence-electron chi connectivity index (χ1n) is 33.6. The molecular formula is C66H127O11P. The second-order valence-electron chi connectivity index (χ2n) is 23.0. The number of phosphoric acid groups is 1. The molecule has 0 saturated heterocycles. The van der Waals surface area contributed by atoms with Crippen LogP contribution in [0.3, 0.4) is 0 Å². The van der Waals surface area contributed by atoms with Gasteiger partial charge in [-0.15, -0.1) is 0 Å². The largest absolute Gasteiger partial charge is 0.472 e. The van der Waals surface area contributed by atoms with E-state index in [1.807, 2.05) is 0 Å². The summed E-state index contributed by atoms with van der Waals surface area (Å²) in [6, 6.07) is 0. The highest BCUT2D eigenvalue weighted by Crippen LogP contribution is 2.43. The van der Waals surface area contributed by atoms with Gasteiger partial charge in [0.2, 0.25) is 0 Å². The molecule has 0 rings (SSSR count). The van der Waals surface area contributed by atoms with Crippen LogP contribution in [0, 0.1) is 0 Å². The number of phosphoric ester groups is 1. The molecule has 78 heavy (non-hydrogen) atoms. The maximum Gasteiger partial charge on any atom is 0.472 e. The molecule has 3 atom stereocenters. The number of hydrogen-bond acceptors (Lipinski definition) is 10. The summed E-state index contributed by atoms with van der Waals surface area (Å²) in [4.78, 5) is 48.8. The van der Waals surface area contributed by atoms with Gasteiger partial charge in [0.1, 0.15) is 12.7 Å². The topological polar surface area (TPSA) is 155 Å². The minimum absolute atomic E-state index is 0.173. The molecule has 0 amide bonds. The van der Waals surface area contributed by atoms with E-state index >= 15 is 0 Å². The standard InChI is InChI=1S/C66H127O11P/c1-4-7-10-13-16-19-22-25-27-29-31-33-35-38-41-44-47-50-53-56-65(69)76-62(58-67)60-74-78(71,72)75-61-63(59-73-64(68)55-52-49-46-43-40-37-24-21-18-15-12-9-6-3)77-66(70)57-54-51-48-45-42-39-36-34-32-30-28-26-23-20-17-14-11-8-5-2/h26,28,62-63,67H,4-25,27,29-61H2,1-3H3,(H,71,72)/b28-26-. The Morgan fingerprint density at radius 1 is 0.346 bits per heavy atom. The van der Waals surface area contributed by atoms with Crippen molar-refractivity contribution in [1.29, 1.82) is 0 Å². The maximum atomic E-state index is 13.0. The molecule has 0 fully saturated rings. The molecule has 0 aliphatic rings. The summed E-state index contributed by atoms with van der Waals surface area (Å²) < 4.78 is 39.7. The number of allylic oxidation sites excluding steroid dienone is 2. The van der Waals surface area contributed by atoms with Crippen molar-refractivity contribution in [2.24, 2.45) is 0 Å². The summed E-state index contributed by atoms with van der Waals surface area (Å²) in [7, 11) is -4.74. The Morgan fingerprint density at radius 2 is 0.590 bits per heavy atom. The van der Waals surface area contributed by atoms with Gasteiger partial charge in [0.15, 0.2) is 6.10 Å². The van der Waals surface area contributed by atoms with Gasteiger partial charge in [-0.3, -0.25) is 23.4 Å². The van der Waals surface area contributed by atoms with Crippen molar-refractivity contribution in [2.75, 3.05) is 26.4 Å². The van der Waals surface area contributed by atoms with Crippen LogP contribution in [0.15, 0.2) is 12.2 Å². The fraction of sp³-hybridized carbons (Fsp3) is 0.924. The third-order valence-corrected chi connectivity index (χ3v) is 16.1.